The molecule has 0 saturated carbocycles. The molecule has 1 rings (SSSR count). The van der Waals surface area contributed by atoms with Crippen LogP contribution in [0.3, 0.4) is 0 Å². The molecule has 0 unspecified atom stereocenters. The molecule has 0 atom stereocenters. The lowest BCUT2D eigenvalue weighted by atomic mass is 10.2. The lowest BCUT2D eigenvalue weighted by Gasteiger charge is -2.16. The molecule has 0 radical (unpaired) electrons. The molecule has 0 aliphatic heterocycles. The van der Waals surface area contributed by atoms with E-state index in [4.69, 9.17) is 5.11 Å². The molecule has 6 heteroatoms. The molecule has 1 amide bonds. The number of amides is 1. The zero-order valence-electron chi connectivity index (χ0n) is 9.46. The molecule has 6 nitrogen and oxygen atoms in total. The first-order valence-corrected chi connectivity index (χ1v) is 5.12. The molecule has 1 aromatic heterocycles. The van der Waals surface area contributed by atoms with Crippen molar-refractivity contribution in [1.29, 1.82) is 0 Å². The van der Waals surface area contributed by atoms with Gasteiger partial charge in [-0.2, -0.15) is 0 Å². The van der Waals surface area contributed by atoms with Crippen molar-refractivity contribution in [1.82, 2.24) is 9.88 Å². The van der Waals surface area contributed by atoms with Crippen molar-refractivity contribution in [3.63, 3.8) is 0 Å². The normalized spacial score (nSPS) is 9.94. The second-order valence-corrected chi connectivity index (χ2v) is 3.66. The third-order valence-electron chi connectivity index (χ3n) is 2.20. The number of rotatable bonds is 5. The van der Waals surface area contributed by atoms with Gasteiger partial charge in [0, 0.05) is 26.2 Å². The second kappa shape index (κ2) is 5.83. The summed E-state index contributed by atoms with van der Waals surface area (Å²) in [6, 6.07) is 1.32. The fraction of sp³-hybridized carbons (Fsp3) is 0.364. The van der Waals surface area contributed by atoms with Crippen molar-refractivity contribution in [2.45, 2.75) is 12.8 Å². The first-order valence-electron chi connectivity index (χ1n) is 5.12. The number of nitrogens with zero attached hydrogens (tertiary/aromatic N) is 2. The van der Waals surface area contributed by atoms with Gasteiger partial charge in [0.15, 0.2) is 0 Å². The van der Waals surface area contributed by atoms with E-state index in [1.807, 2.05) is 0 Å². The summed E-state index contributed by atoms with van der Waals surface area (Å²) in [7, 11) is 1.58. The van der Waals surface area contributed by atoms with Crippen LogP contribution in [-0.4, -0.2) is 45.6 Å². The minimum Gasteiger partial charge on any atom is -0.506 e. The molecular formula is C11H14N2O4. The summed E-state index contributed by atoms with van der Waals surface area (Å²) < 4.78 is 0. The van der Waals surface area contributed by atoms with Crippen LogP contribution in [0, 0.1) is 0 Å². The maximum Gasteiger partial charge on any atom is 0.303 e. The van der Waals surface area contributed by atoms with Crippen molar-refractivity contribution in [2.24, 2.45) is 0 Å². The molecule has 0 spiro atoms. The number of carboxylic acid groups (broad SMARTS) is 1. The Hall–Kier alpha value is -2.11. The van der Waals surface area contributed by atoms with E-state index in [0.29, 0.717) is 13.0 Å². The van der Waals surface area contributed by atoms with Crippen molar-refractivity contribution in [3.8, 4) is 5.75 Å². The van der Waals surface area contributed by atoms with Gasteiger partial charge in [-0.05, 0) is 12.5 Å². The number of hydrogen-bond acceptors (Lipinski definition) is 4. The van der Waals surface area contributed by atoms with E-state index in [1.54, 1.807) is 7.05 Å². The molecule has 0 fully saturated rings. The van der Waals surface area contributed by atoms with Crippen LogP contribution in [0.1, 0.15) is 23.2 Å². The summed E-state index contributed by atoms with van der Waals surface area (Å²) in [4.78, 5) is 27.2. The number of pyridine rings is 1. The van der Waals surface area contributed by atoms with E-state index in [1.165, 1.54) is 23.4 Å². The van der Waals surface area contributed by atoms with Crippen LogP contribution >= 0.6 is 0 Å². The van der Waals surface area contributed by atoms with E-state index < -0.39 is 5.97 Å². The first kappa shape index (κ1) is 13.0. The van der Waals surface area contributed by atoms with Gasteiger partial charge in [0.05, 0.1) is 11.8 Å². The summed E-state index contributed by atoms with van der Waals surface area (Å²) in [5.41, 5.74) is 0.280. The highest BCUT2D eigenvalue weighted by molar-refractivity contribution is 5.94. The van der Waals surface area contributed by atoms with Crippen molar-refractivity contribution >= 4 is 11.9 Å². The minimum absolute atomic E-state index is 0.0237. The molecule has 2 N–H and O–H groups in total. The van der Waals surface area contributed by atoms with Crippen LogP contribution < -0.4 is 0 Å². The summed E-state index contributed by atoms with van der Waals surface area (Å²) in [6.07, 6.45) is 3.01. The predicted octanol–water partition coefficient (Wildman–Crippen LogP) is 0.724. The van der Waals surface area contributed by atoms with Gasteiger partial charge in [-0.25, -0.2) is 0 Å². The Balaban J connectivity index is 2.54. The predicted molar refractivity (Wildman–Crippen MR) is 59.7 cm³/mol. The first-order chi connectivity index (χ1) is 8.00. The Bertz CT molecular complexity index is 420. The zero-order chi connectivity index (χ0) is 12.8. The highest BCUT2D eigenvalue weighted by atomic mass is 16.4. The monoisotopic (exact) mass is 238 g/mol. The number of aromatic nitrogens is 1. The van der Waals surface area contributed by atoms with Crippen molar-refractivity contribution in [2.75, 3.05) is 13.6 Å². The average Bonchev–Trinajstić information content (AvgIpc) is 2.27. The SMILES string of the molecule is CN(CCCC(=O)O)C(=O)c1cncc(O)c1. The highest BCUT2D eigenvalue weighted by Crippen LogP contribution is 2.10. The Morgan fingerprint density at radius 2 is 2.12 bits per heavy atom. The summed E-state index contributed by atoms with van der Waals surface area (Å²) >= 11 is 0. The fourth-order valence-electron chi connectivity index (χ4n) is 1.33. The lowest BCUT2D eigenvalue weighted by molar-refractivity contribution is -0.137. The van der Waals surface area contributed by atoms with Crippen LogP contribution in [0.5, 0.6) is 5.75 Å². The fourth-order valence-corrected chi connectivity index (χ4v) is 1.33. The van der Waals surface area contributed by atoms with E-state index in [2.05, 4.69) is 4.98 Å². The Morgan fingerprint density at radius 3 is 2.71 bits per heavy atom. The summed E-state index contributed by atoms with van der Waals surface area (Å²) in [6.45, 7) is 0.348. The Labute approximate surface area is 98.5 Å². The largest absolute Gasteiger partial charge is 0.506 e. The number of carbonyl (C=O) groups excluding carboxylic acids is 1. The van der Waals surface area contributed by atoms with Gasteiger partial charge in [0.2, 0.25) is 0 Å². The average molecular weight is 238 g/mol. The number of hydrogen-bond donors (Lipinski definition) is 2. The lowest BCUT2D eigenvalue weighted by Crippen LogP contribution is -2.28. The Morgan fingerprint density at radius 1 is 1.41 bits per heavy atom. The Kier molecular flexibility index (Phi) is 4.45. The molecule has 0 aromatic carbocycles. The van der Waals surface area contributed by atoms with E-state index in [9.17, 15) is 14.7 Å². The van der Waals surface area contributed by atoms with Crippen molar-refractivity contribution < 1.29 is 19.8 Å². The number of carboxylic acids is 1. The van der Waals surface area contributed by atoms with E-state index in [-0.39, 0.29) is 23.6 Å². The maximum atomic E-state index is 11.8. The summed E-state index contributed by atoms with van der Waals surface area (Å²) in [5.74, 6) is -1.25. The summed E-state index contributed by atoms with van der Waals surface area (Å²) in [5, 5.41) is 17.7. The van der Waals surface area contributed by atoms with E-state index in [0.717, 1.165) is 0 Å². The third kappa shape index (κ3) is 4.10. The molecule has 0 aliphatic rings. The molecule has 0 saturated heterocycles. The van der Waals surface area contributed by atoms with Gasteiger partial charge in [-0.1, -0.05) is 0 Å². The van der Waals surface area contributed by atoms with Gasteiger partial charge in [-0.3, -0.25) is 14.6 Å². The molecule has 1 aromatic rings. The quantitative estimate of drug-likeness (QED) is 0.788. The van der Waals surface area contributed by atoms with Gasteiger partial charge >= 0.3 is 5.97 Å². The number of aliphatic carboxylic acids is 1. The highest BCUT2D eigenvalue weighted by Gasteiger charge is 2.12. The van der Waals surface area contributed by atoms with Crippen LogP contribution in [0.25, 0.3) is 0 Å². The molecule has 0 aliphatic carbocycles. The smallest absolute Gasteiger partial charge is 0.303 e. The molecular weight excluding hydrogens is 224 g/mol. The van der Waals surface area contributed by atoms with Gasteiger partial charge < -0.3 is 15.1 Å². The van der Waals surface area contributed by atoms with Gasteiger partial charge in [0.1, 0.15) is 5.75 Å². The second-order valence-electron chi connectivity index (χ2n) is 3.66. The van der Waals surface area contributed by atoms with Crippen LogP contribution in [0.4, 0.5) is 0 Å². The van der Waals surface area contributed by atoms with Crippen LogP contribution in [0.15, 0.2) is 18.5 Å². The number of carbonyl (C=O) groups is 2. The van der Waals surface area contributed by atoms with Crippen molar-refractivity contribution in [3.05, 3.63) is 24.0 Å². The van der Waals surface area contributed by atoms with Crippen LogP contribution in [0.2, 0.25) is 0 Å². The molecule has 17 heavy (non-hydrogen) atoms. The van der Waals surface area contributed by atoms with Gasteiger partial charge in [0.25, 0.3) is 5.91 Å². The third-order valence-corrected chi connectivity index (χ3v) is 2.20. The van der Waals surface area contributed by atoms with E-state index >= 15 is 0 Å². The standard InChI is InChI=1S/C11H14N2O4/c1-13(4-2-3-10(15)16)11(17)8-5-9(14)7-12-6-8/h5-7,14H,2-4H2,1H3,(H,15,16). The molecule has 0 bridgehead atoms. The topological polar surface area (TPSA) is 90.7 Å². The maximum absolute atomic E-state index is 11.8. The zero-order valence-corrected chi connectivity index (χ0v) is 9.46. The van der Waals surface area contributed by atoms with Crippen LogP contribution in [-0.2, 0) is 4.79 Å². The van der Waals surface area contributed by atoms with Gasteiger partial charge in [-0.15, -0.1) is 0 Å². The minimum atomic E-state index is -0.884. The molecule has 92 valence electrons. The molecule has 1 heterocycles. The number of aromatic hydroxyl groups is 1.